The quantitative estimate of drug-likeness (QED) is 0.444. The molecule has 3 heterocycles. The van der Waals surface area contributed by atoms with E-state index in [1.807, 2.05) is 22.9 Å². The Morgan fingerprint density at radius 3 is 2.67 bits per heavy atom. The van der Waals surface area contributed by atoms with Crippen LogP contribution in [0.25, 0.3) is 5.65 Å². The van der Waals surface area contributed by atoms with Crippen LogP contribution in [0.5, 0.6) is 5.75 Å². The third kappa shape index (κ3) is 4.88. The molecule has 0 amide bonds. The van der Waals surface area contributed by atoms with Crippen molar-refractivity contribution in [3.05, 3.63) is 40.5 Å². The number of anilines is 1. The molecule has 0 atom stereocenters. The minimum absolute atomic E-state index is 0.714. The highest BCUT2D eigenvalue weighted by molar-refractivity contribution is 9.10. The Labute approximate surface area is 188 Å². The number of fused-ring (bicyclic) bond motifs is 1. The molecule has 0 radical (unpaired) electrons. The summed E-state index contributed by atoms with van der Waals surface area (Å²) in [6.07, 6.45) is 3.76. The van der Waals surface area contributed by atoms with Crippen molar-refractivity contribution in [1.29, 1.82) is 0 Å². The molecule has 1 fully saturated rings. The van der Waals surface area contributed by atoms with E-state index in [0.29, 0.717) is 6.54 Å². The summed E-state index contributed by atoms with van der Waals surface area (Å²) >= 11 is 5.09. The summed E-state index contributed by atoms with van der Waals surface area (Å²) in [5.74, 6) is 1.64. The zero-order chi connectivity index (χ0) is 20.9. The maximum absolute atomic E-state index is 5.49. The van der Waals surface area contributed by atoms with Gasteiger partial charge < -0.3 is 14.4 Å². The first-order valence-electron chi connectivity index (χ1n) is 9.81. The highest BCUT2D eigenvalue weighted by Gasteiger charge is 2.20. The summed E-state index contributed by atoms with van der Waals surface area (Å²) in [5, 5.41) is 5.25. The van der Waals surface area contributed by atoms with Gasteiger partial charge in [0.1, 0.15) is 5.75 Å². The molecule has 1 aliphatic heterocycles. The number of ether oxygens (including phenoxy) is 2. The number of hydrogen-bond donors (Lipinski definition) is 0. The number of rotatable bonds is 8. The van der Waals surface area contributed by atoms with E-state index in [9.17, 15) is 0 Å². The Bertz CT molecular complexity index is 977. The Hall–Kier alpha value is -1.88. The molecule has 2 aromatic heterocycles. The van der Waals surface area contributed by atoms with Crippen LogP contribution in [0.2, 0.25) is 0 Å². The van der Waals surface area contributed by atoms with Crippen LogP contribution < -0.4 is 9.64 Å². The van der Waals surface area contributed by atoms with E-state index >= 15 is 0 Å². The van der Waals surface area contributed by atoms with Gasteiger partial charge in [-0.3, -0.25) is 4.90 Å². The highest BCUT2D eigenvalue weighted by atomic mass is 79.9. The minimum Gasteiger partial charge on any atom is -0.497 e. The van der Waals surface area contributed by atoms with E-state index < -0.39 is 0 Å². The maximum Gasteiger partial charge on any atom is 0.231 e. The Morgan fingerprint density at radius 2 is 1.97 bits per heavy atom. The molecule has 0 N–H and O–H groups in total. The number of nitrogens with zero attached hydrogens (tertiary/aromatic N) is 6. The van der Waals surface area contributed by atoms with Crippen LogP contribution in [0.4, 0.5) is 5.95 Å². The van der Waals surface area contributed by atoms with E-state index in [2.05, 4.69) is 47.9 Å². The van der Waals surface area contributed by atoms with Gasteiger partial charge in [-0.2, -0.15) is 14.6 Å². The lowest BCUT2D eigenvalue weighted by Gasteiger charge is -2.30. The first-order chi connectivity index (χ1) is 14.7. The van der Waals surface area contributed by atoms with Gasteiger partial charge in [0.05, 0.1) is 31.0 Å². The van der Waals surface area contributed by atoms with Crippen LogP contribution in [-0.4, -0.2) is 77.2 Å². The first kappa shape index (κ1) is 21.4. The number of thioether (sulfide) groups is 1. The predicted octanol–water partition coefficient (Wildman–Crippen LogP) is 2.96. The zero-order valence-corrected chi connectivity index (χ0v) is 19.5. The summed E-state index contributed by atoms with van der Waals surface area (Å²) in [7, 11) is 1.68. The second kappa shape index (κ2) is 9.95. The Kier molecular flexibility index (Phi) is 7.08. The standard InChI is InChI=1S/C20H25BrN6O2S/c1-28-16-5-3-15(4-6-16)14-26(8-7-25-9-11-29-12-10-25)20-24-19(30-2)23-18-17(21)13-22-27(18)20/h3-6,13H,7-12,14H2,1-2H3. The highest BCUT2D eigenvalue weighted by Crippen LogP contribution is 2.25. The van der Waals surface area contributed by atoms with Crippen LogP contribution in [0.15, 0.2) is 40.1 Å². The normalized spacial score (nSPS) is 14.9. The van der Waals surface area contributed by atoms with Gasteiger partial charge in [0.15, 0.2) is 10.8 Å². The molecule has 0 bridgehead atoms. The molecule has 0 saturated carbocycles. The summed E-state index contributed by atoms with van der Waals surface area (Å²) in [5.41, 5.74) is 1.96. The van der Waals surface area contributed by atoms with Crippen molar-refractivity contribution in [3.63, 3.8) is 0 Å². The Morgan fingerprint density at radius 1 is 1.20 bits per heavy atom. The van der Waals surface area contributed by atoms with Gasteiger partial charge in [-0.05, 0) is 39.9 Å². The van der Waals surface area contributed by atoms with E-state index in [-0.39, 0.29) is 0 Å². The minimum atomic E-state index is 0.714. The SMILES string of the molecule is COc1ccc(CN(CCN2CCOCC2)c2nc(SC)nc3c(Br)cnn23)cc1. The second-order valence-corrected chi connectivity index (χ2v) is 8.59. The van der Waals surface area contributed by atoms with Crippen LogP contribution >= 0.6 is 27.7 Å². The number of morpholine rings is 1. The van der Waals surface area contributed by atoms with Gasteiger partial charge >= 0.3 is 0 Å². The average Bonchev–Trinajstić information content (AvgIpc) is 3.17. The topological polar surface area (TPSA) is 68.0 Å². The van der Waals surface area contributed by atoms with Gasteiger partial charge in [0.2, 0.25) is 5.95 Å². The average molecular weight is 493 g/mol. The number of aromatic nitrogens is 4. The van der Waals surface area contributed by atoms with Gasteiger partial charge in [0, 0.05) is 32.7 Å². The molecule has 160 valence electrons. The van der Waals surface area contributed by atoms with E-state index in [4.69, 9.17) is 14.5 Å². The fourth-order valence-electron chi connectivity index (χ4n) is 3.40. The van der Waals surface area contributed by atoms with Crippen molar-refractivity contribution in [1.82, 2.24) is 24.5 Å². The summed E-state index contributed by atoms with van der Waals surface area (Å²) in [6, 6.07) is 8.16. The second-order valence-electron chi connectivity index (χ2n) is 6.96. The van der Waals surface area contributed by atoms with Crippen molar-refractivity contribution in [3.8, 4) is 5.75 Å². The van der Waals surface area contributed by atoms with Gasteiger partial charge in [0.25, 0.3) is 0 Å². The molecular formula is C20H25BrN6O2S. The van der Waals surface area contributed by atoms with Crippen molar-refractivity contribution in [2.24, 2.45) is 0 Å². The molecule has 8 nitrogen and oxygen atoms in total. The molecule has 1 aliphatic rings. The molecule has 4 rings (SSSR count). The Balaban J connectivity index is 1.65. The van der Waals surface area contributed by atoms with E-state index in [0.717, 1.165) is 66.4 Å². The van der Waals surface area contributed by atoms with Crippen molar-refractivity contribution >= 4 is 39.3 Å². The third-order valence-corrected chi connectivity index (χ3v) is 6.18. The third-order valence-electron chi connectivity index (χ3n) is 5.08. The molecule has 10 heteroatoms. The summed E-state index contributed by atoms with van der Waals surface area (Å²) < 4.78 is 13.5. The lowest BCUT2D eigenvalue weighted by atomic mass is 10.2. The predicted molar refractivity (Wildman–Crippen MR) is 122 cm³/mol. The van der Waals surface area contributed by atoms with Crippen LogP contribution in [-0.2, 0) is 11.3 Å². The molecule has 0 aliphatic carbocycles. The van der Waals surface area contributed by atoms with Gasteiger partial charge in [-0.15, -0.1) is 0 Å². The lowest BCUT2D eigenvalue weighted by Crippen LogP contribution is -2.42. The zero-order valence-electron chi connectivity index (χ0n) is 17.1. The fourth-order valence-corrected chi connectivity index (χ4v) is 4.10. The lowest BCUT2D eigenvalue weighted by molar-refractivity contribution is 0.0391. The maximum atomic E-state index is 5.49. The van der Waals surface area contributed by atoms with Gasteiger partial charge in [-0.1, -0.05) is 23.9 Å². The van der Waals surface area contributed by atoms with Crippen molar-refractivity contribution in [2.75, 3.05) is 57.7 Å². The number of halogens is 1. The smallest absolute Gasteiger partial charge is 0.231 e. The van der Waals surface area contributed by atoms with Crippen LogP contribution in [0.1, 0.15) is 5.56 Å². The van der Waals surface area contributed by atoms with Gasteiger partial charge in [-0.25, -0.2) is 4.98 Å². The number of hydrogen-bond acceptors (Lipinski definition) is 8. The molecule has 1 saturated heterocycles. The van der Waals surface area contributed by atoms with Crippen molar-refractivity contribution < 1.29 is 9.47 Å². The monoisotopic (exact) mass is 492 g/mol. The largest absolute Gasteiger partial charge is 0.497 e. The van der Waals surface area contributed by atoms with E-state index in [1.54, 1.807) is 13.3 Å². The van der Waals surface area contributed by atoms with E-state index in [1.165, 1.54) is 17.3 Å². The number of benzene rings is 1. The molecule has 0 unspecified atom stereocenters. The van der Waals surface area contributed by atoms with Crippen LogP contribution in [0.3, 0.4) is 0 Å². The molecule has 0 spiro atoms. The summed E-state index contributed by atoms with van der Waals surface area (Å²) in [6.45, 7) is 5.97. The molecule has 30 heavy (non-hydrogen) atoms. The number of methoxy groups -OCH3 is 1. The molecule has 3 aromatic rings. The van der Waals surface area contributed by atoms with Crippen LogP contribution in [0, 0.1) is 0 Å². The fraction of sp³-hybridized carbons (Fsp3) is 0.450. The molecule has 1 aromatic carbocycles. The first-order valence-corrected chi connectivity index (χ1v) is 11.8. The summed E-state index contributed by atoms with van der Waals surface area (Å²) in [4.78, 5) is 14.1. The molecular weight excluding hydrogens is 468 g/mol. The van der Waals surface area contributed by atoms with Crippen molar-refractivity contribution in [2.45, 2.75) is 11.7 Å².